The molecule has 1 aromatic carbocycles. The smallest absolute Gasteiger partial charge is 0.225 e. The molecular weight excluding hydrogens is 391 g/mol. The number of benzene rings is 1. The Labute approximate surface area is 133 Å². The summed E-state index contributed by atoms with van der Waals surface area (Å²) in [6, 6.07) is 5.02. The van der Waals surface area contributed by atoms with Crippen LogP contribution in [0.15, 0.2) is 21.6 Å². The van der Waals surface area contributed by atoms with Gasteiger partial charge in [-0.1, -0.05) is 27.2 Å². The molecule has 1 aromatic rings. The monoisotopic (exact) mass is 408 g/mol. The molecule has 0 aliphatic heterocycles. The quantitative estimate of drug-likeness (QED) is 0.573. The molecule has 19 heavy (non-hydrogen) atoms. The van der Waals surface area contributed by atoms with E-state index in [1.54, 1.807) is 12.1 Å². The lowest BCUT2D eigenvalue weighted by atomic mass is 10.1. The molecule has 0 aromatic heterocycles. The molecule has 0 radical (unpaired) electrons. The normalized spacial score (nSPS) is 11.9. The van der Waals surface area contributed by atoms with Gasteiger partial charge >= 0.3 is 0 Å². The second-order valence-corrected chi connectivity index (χ2v) is 10.6. The van der Waals surface area contributed by atoms with Crippen molar-refractivity contribution >= 4 is 47.7 Å². The third-order valence-electron chi connectivity index (χ3n) is 2.79. The van der Waals surface area contributed by atoms with Crippen LogP contribution in [0.1, 0.15) is 39.2 Å². The fourth-order valence-corrected chi connectivity index (χ4v) is 3.59. The topological polar surface area (TPSA) is 9.23 Å². The molecule has 0 saturated carbocycles. The summed E-state index contributed by atoms with van der Waals surface area (Å²) in [6.07, 6.45) is 3.98. The highest BCUT2D eigenvalue weighted by molar-refractivity contribution is 9.28. The van der Waals surface area contributed by atoms with Crippen molar-refractivity contribution in [2.45, 2.75) is 38.7 Å². The van der Waals surface area contributed by atoms with Crippen LogP contribution in [-0.2, 0) is 0 Å². The largest absolute Gasteiger partial charge is 0.549 e. The third kappa shape index (κ3) is 6.23. The SMILES string of the molecule is CCCC(C)(C)[SiH2]Oc1ccc(C=C(Br)Br)c(F)c1. The van der Waals surface area contributed by atoms with Gasteiger partial charge < -0.3 is 4.43 Å². The predicted octanol–water partition coefficient (Wildman–Crippen LogP) is 5.38. The van der Waals surface area contributed by atoms with Crippen LogP contribution in [0.4, 0.5) is 4.39 Å². The van der Waals surface area contributed by atoms with E-state index in [0.717, 1.165) is 12.8 Å². The molecule has 0 unspecified atom stereocenters. The Balaban J connectivity index is 2.72. The van der Waals surface area contributed by atoms with Gasteiger partial charge in [-0.2, -0.15) is 0 Å². The van der Waals surface area contributed by atoms with Crippen LogP contribution in [-0.4, -0.2) is 9.76 Å². The van der Waals surface area contributed by atoms with Gasteiger partial charge in [-0.05, 0) is 61.5 Å². The summed E-state index contributed by atoms with van der Waals surface area (Å²) >= 11 is 6.45. The van der Waals surface area contributed by atoms with E-state index in [9.17, 15) is 4.39 Å². The zero-order valence-corrected chi connectivity index (χ0v) is 16.1. The first-order valence-corrected chi connectivity index (χ1v) is 9.16. The maximum Gasteiger partial charge on any atom is 0.225 e. The molecular formula is C14H19Br2FOSi. The maximum atomic E-state index is 13.8. The van der Waals surface area contributed by atoms with Gasteiger partial charge in [0, 0.05) is 11.6 Å². The number of halogens is 3. The van der Waals surface area contributed by atoms with Crippen LogP contribution in [0.3, 0.4) is 0 Å². The van der Waals surface area contributed by atoms with Crippen molar-refractivity contribution in [1.29, 1.82) is 0 Å². The number of hydrogen-bond donors (Lipinski definition) is 0. The first kappa shape index (κ1) is 16.9. The molecule has 0 amide bonds. The molecule has 0 fully saturated rings. The number of hydrogen-bond acceptors (Lipinski definition) is 1. The van der Waals surface area contributed by atoms with Crippen LogP contribution in [0.2, 0.25) is 5.04 Å². The van der Waals surface area contributed by atoms with E-state index >= 15 is 0 Å². The molecule has 0 N–H and O–H groups in total. The van der Waals surface area contributed by atoms with E-state index < -0.39 is 9.76 Å². The lowest BCUT2D eigenvalue weighted by molar-refractivity contribution is 0.496. The Kier molecular flexibility index (Phi) is 6.77. The molecule has 106 valence electrons. The Hall–Kier alpha value is -0.133. The summed E-state index contributed by atoms with van der Waals surface area (Å²) in [6.45, 7) is 6.62. The molecule has 0 atom stereocenters. The molecule has 0 heterocycles. The Morgan fingerprint density at radius 3 is 2.63 bits per heavy atom. The average Bonchev–Trinajstić information content (AvgIpc) is 2.29. The Bertz CT molecular complexity index is 457. The van der Waals surface area contributed by atoms with Crippen molar-refractivity contribution in [2.24, 2.45) is 0 Å². The molecule has 1 nitrogen and oxygen atoms in total. The molecule has 1 rings (SSSR count). The minimum atomic E-state index is -0.721. The van der Waals surface area contributed by atoms with Crippen LogP contribution in [0, 0.1) is 5.82 Å². The maximum absolute atomic E-state index is 13.8. The first-order chi connectivity index (χ1) is 8.84. The van der Waals surface area contributed by atoms with Gasteiger partial charge in [0.15, 0.2) is 0 Å². The summed E-state index contributed by atoms with van der Waals surface area (Å²) in [4.78, 5) is 0. The summed E-state index contributed by atoms with van der Waals surface area (Å²) in [5.74, 6) is 0.368. The molecule has 0 bridgehead atoms. The van der Waals surface area contributed by atoms with Crippen molar-refractivity contribution in [1.82, 2.24) is 0 Å². The fourth-order valence-electron chi connectivity index (χ4n) is 1.86. The summed E-state index contributed by atoms with van der Waals surface area (Å²) in [7, 11) is -0.721. The standard InChI is InChI=1S/C14H19Br2FOSi/c1-4-7-14(2,3)19-18-11-6-5-10(8-13(15)16)12(17)9-11/h5-6,8-9H,4,7,19H2,1-3H3. The van der Waals surface area contributed by atoms with E-state index in [2.05, 4.69) is 52.6 Å². The van der Waals surface area contributed by atoms with Crippen molar-refractivity contribution in [3.8, 4) is 5.75 Å². The predicted molar refractivity (Wildman–Crippen MR) is 90.4 cm³/mol. The fraction of sp³-hybridized carbons (Fsp3) is 0.429. The number of rotatable bonds is 6. The minimum Gasteiger partial charge on any atom is -0.549 e. The summed E-state index contributed by atoms with van der Waals surface area (Å²) in [5.41, 5.74) is 0.533. The van der Waals surface area contributed by atoms with Gasteiger partial charge in [0.2, 0.25) is 9.76 Å². The van der Waals surface area contributed by atoms with Crippen molar-refractivity contribution in [2.75, 3.05) is 0 Å². The zero-order valence-electron chi connectivity index (χ0n) is 11.5. The van der Waals surface area contributed by atoms with E-state index in [0.29, 0.717) is 14.7 Å². The average molecular weight is 410 g/mol. The van der Waals surface area contributed by atoms with E-state index in [4.69, 9.17) is 4.43 Å². The molecule has 5 heteroatoms. The third-order valence-corrected chi connectivity index (χ3v) is 4.86. The Morgan fingerprint density at radius 2 is 2.11 bits per heavy atom. The first-order valence-electron chi connectivity index (χ1n) is 6.29. The van der Waals surface area contributed by atoms with E-state index in [1.807, 2.05) is 6.07 Å². The second kappa shape index (κ2) is 7.60. The van der Waals surface area contributed by atoms with Crippen LogP contribution in [0.5, 0.6) is 5.75 Å². The zero-order chi connectivity index (χ0) is 14.5. The van der Waals surface area contributed by atoms with Crippen LogP contribution in [0.25, 0.3) is 6.08 Å². The summed E-state index contributed by atoms with van der Waals surface area (Å²) < 4.78 is 20.4. The second-order valence-electron chi connectivity index (χ2n) is 5.32. The highest BCUT2D eigenvalue weighted by Gasteiger charge is 2.19. The van der Waals surface area contributed by atoms with E-state index in [-0.39, 0.29) is 10.9 Å². The highest BCUT2D eigenvalue weighted by Crippen LogP contribution is 2.30. The molecule has 0 saturated heterocycles. The van der Waals surface area contributed by atoms with Crippen LogP contribution >= 0.6 is 31.9 Å². The van der Waals surface area contributed by atoms with Gasteiger partial charge in [-0.25, -0.2) is 4.39 Å². The Morgan fingerprint density at radius 1 is 1.42 bits per heavy atom. The lowest BCUT2D eigenvalue weighted by Crippen LogP contribution is -2.18. The van der Waals surface area contributed by atoms with Gasteiger partial charge in [0.05, 0.1) is 3.39 Å². The molecule has 0 aliphatic carbocycles. The highest BCUT2D eigenvalue weighted by atomic mass is 79.9. The van der Waals surface area contributed by atoms with Gasteiger partial charge in [-0.3, -0.25) is 0 Å². The van der Waals surface area contributed by atoms with Gasteiger partial charge in [0.1, 0.15) is 11.6 Å². The molecule has 0 aliphatic rings. The minimum absolute atomic E-state index is 0.253. The van der Waals surface area contributed by atoms with Gasteiger partial charge in [-0.15, -0.1) is 0 Å². The summed E-state index contributed by atoms with van der Waals surface area (Å²) in [5, 5.41) is 0.253. The molecule has 0 spiro atoms. The van der Waals surface area contributed by atoms with Crippen molar-refractivity contribution in [3.05, 3.63) is 33.0 Å². The van der Waals surface area contributed by atoms with Gasteiger partial charge in [0.25, 0.3) is 0 Å². The van der Waals surface area contributed by atoms with Crippen LogP contribution < -0.4 is 4.43 Å². The lowest BCUT2D eigenvalue weighted by Gasteiger charge is -2.23. The van der Waals surface area contributed by atoms with Crippen molar-refractivity contribution in [3.63, 3.8) is 0 Å². The van der Waals surface area contributed by atoms with E-state index in [1.165, 1.54) is 6.07 Å². The van der Waals surface area contributed by atoms with Crippen molar-refractivity contribution < 1.29 is 8.82 Å².